The average molecular weight is 755 g/mol. The summed E-state index contributed by atoms with van der Waals surface area (Å²) in [5.74, 6) is -1.88. The number of alkyl carbamates (subject to hydrolysis) is 1. The van der Waals surface area contributed by atoms with Gasteiger partial charge in [-0.3, -0.25) is 9.59 Å². The maximum absolute atomic E-state index is 13.0. The molecule has 4 rings (SSSR count). The molecule has 0 heterocycles. The summed E-state index contributed by atoms with van der Waals surface area (Å²) in [6.45, 7) is 5.14. The number of primary amides is 1. The van der Waals surface area contributed by atoms with Gasteiger partial charge in [-0.1, -0.05) is 103 Å². The van der Waals surface area contributed by atoms with Gasteiger partial charge in [0.25, 0.3) is 0 Å². The van der Waals surface area contributed by atoms with Gasteiger partial charge in [0.2, 0.25) is 11.8 Å². The van der Waals surface area contributed by atoms with E-state index in [0.717, 1.165) is 16.7 Å². The molecule has 0 radical (unpaired) electrons. The van der Waals surface area contributed by atoms with E-state index < -0.39 is 52.4 Å². The number of carboxylic acid groups (broad SMARTS) is 1. The third-order valence-corrected chi connectivity index (χ3v) is 9.74. The normalized spacial score (nSPS) is 12.4. The van der Waals surface area contributed by atoms with E-state index in [4.69, 9.17) is 15.2 Å². The van der Waals surface area contributed by atoms with Gasteiger partial charge in [-0.05, 0) is 61.6 Å². The van der Waals surface area contributed by atoms with Gasteiger partial charge in [-0.2, -0.15) is 0 Å². The first kappa shape index (κ1) is 40.9. The number of ether oxygens (including phenoxy) is 2. The summed E-state index contributed by atoms with van der Waals surface area (Å²) in [6, 6.07) is 33.9. The smallest absolute Gasteiger partial charge is 0.412 e. The van der Waals surface area contributed by atoms with E-state index in [9.17, 15) is 29.1 Å². The molecular formula is C41H46N4O8S. The lowest BCUT2D eigenvalue weighted by Gasteiger charge is -2.36. The number of carboxylic acids is 1. The summed E-state index contributed by atoms with van der Waals surface area (Å²) in [5, 5.41) is 17.2. The van der Waals surface area contributed by atoms with Crippen molar-refractivity contribution in [3.63, 3.8) is 0 Å². The molecule has 0 bridgehead atoms. The molecular weight excluding hydrogens is 709 g/mol. The number of nitrogens with two attached hydrogens (primary N) is 1. The minimum Gasteiger partial charge on any atom is -0.480 e. The highest BCUT2D eigenvalue weighted by molar-refractivity contribution is 8.00. The van der Waals surface area contributed by atoms with Crippen LogP contribution in [0.25, 0.3) is 0 Å². The van der Waals surface area contributed by atoms with Gasteiger partial charge >= 0.3 is 18.2 Å². The van der Waals surface area contributed by atoms with Gasteiger partial charge in [0.1, 0.15) is 23.4 Å². The fourth-order valence-electron chi connectivity index (χ4n) is 5.60. The van der Waals surface area contributed by atoms with E-state index >= 15 is 0 Å². The van der Waals surface area contributed by atoms with Crippen LogP contribution in [0.2, 0.25) is 0 Å². The van der Waals surface area contributed by atoms with Crippen LogP contribution in [0.3, 0.4) is 0 Å². The zero-order valence-electron chi connectivity index (χ0n) is 30.5. The molecule has 4 amide bonds. The van der Waals surface area contributed by atoms with Crippen molar-refractivity contribution >= 4 is 41.7 Å². The second kappa shape index (κ2) is 19.3. The van der Waals surface area contributed by atoms with Gasteiger partial charge in [0.15, 0.2) is 0 Å². The van der Waals surface area contributed by atoms with Crippen molar-refractivity contribution < 1.29 is 38.6 Å². The fourth-order valence-corrected chi connectivity index (χ4v) is 7.17. The van der Waals surface area contributed by atoms with E-state index in [1.54, 1.807) is 32.9 Å². The number of amides is 4. The zero-order valence-corrected chi connectivity index (χ0v) is 31.3. The van der Waals surface area contributed by atoms with E-state index in [2.05, 4.69) is 16.0 Å². The first-order valence-corrected chi connectivity index (χ1v) is 18.4. The molecule has 0 spiro atoms. The molecule has 4 aromatic rings. The molecule has 0 aliphatic rings. The summed E-state index contributed by atoms with van der Waals surface area (Å²) < 4.78 is 9.74. The summed E-state index contributed by atoms with van der Waals surface area (Å²) in [4.78, 5) is 61.7. The Hall–Kier alpha value is -5.82. The Morgan fingerprint density at radius 3 is 1.70 bits per heavy atom. The number of nitrogens with one attached hydrogen (secondary N) is 3. The highest BCUT2D eigenvalue weighted by Crippen LogP contribution is 2.48. The average Bonchev–Trinajstić information content (AvgIpc) is 3.14. The Labute approximate surface area is 319 Å². The van der Waals surface area contributed by atoms with Crippen molar-refractivity contribution in [2.45, 2.75) is 62.5 Å². The van der Waals surface area contributed by atoms with Crippen molar-refractivity contribution in [1.29, 1.82) is 0 Å². The minimum atomic E-state index is -1.23. The van der Waals surface area contributed by atoms with Crippen LogP contribution in [0.15, 0.2) is 115 Å². The molecule has 13 heteroatoms. The SMILES string of the molecule is CC(C)(C)OC(=O)N[C@@H](Cc1ccc(OC(=O)NCCCC(=O)N[C@@H](CSC(c2ccccc2)(c2ccccc2)c2ccccc2)C(N)=O)cc1)C(=O)O. The quantitative estimate of drug-likeness (QED) is 0.0659. The van der Waals surface area contributed by atoms with Gasteiger partial charge in [-0.25, -0.2) is 14.4 Å². The molecule has 284 valence electrons. The summed E-state index contributed by atoms with van der Waals surface area (Å²) in [7, 11) is 0. The standard InChI is InChI=1S/C41H46N4O8S/c1-40(2,3)53-39(51)45-33(37(48)49)26-28-21-23-32(24-22-28)52-38(50)43-25-13-20-35(46)44-34(36(42)47)27-54-41(29-14-7-4-8-15-29,30-16-9-5-10-17-30)31-18-11-6-12-19-31/h4-12,14-19,21-24,33-34H,13,20,25-27H2,1-3H3,(H2,42,47)(H,43,50)(H,44,46)(H,45,51)(H,48,49)/t33-,34-/m0/s1. The molecule has 0 fully saturated rings. The number of thioether (sulfide) groups is 1. The number of benzene rings is 4. The van der Waals surface area contributed by atoms with E-state index in [1.165, 1.54) is 23.9 Å². The topological polar surface area (TPSA) is 186 Å². The Bertz CT molecular complexity index is 1760. The number of carbonyl (C=O) groups excluding carboxylic acids is 4. The number of aliphatic carboxylic acids is 1. The summed E-state index contributed by atoms with van der Waals surface area (Å²) in [6.07, 6.45) is -1.33. The zero-order chi connectivity index (χ0) is 39.1. The predicted molar refractivity (Wildman–Crippen MR) is 207 cm³/mol. The molecule has 0 saturated carbocycles. The molecule has 0 unspecified atom stereocenters. The van der Waals surface area contributed by atoms with Gasteiger partial charge in [0.05, 0.1) is 4.75 Å². The molecule has 4 aromatic carbocycles. The molecule has 6 N–H and O–H groups in total. The van der Waals surface area contributed by atoms with E-state index in [-0.39, 0.29) is 37.3 Å². The van der Waals surface area contributed by atoms with Crippen LogP contribution in [0.1, 0.15) is 55.9 Å². The minimum absolute atomic E-state index is 0.0205. The maximum Gasteiger partial charge on any atom is 0.412 e. The van der Waals surface area contributed by atoms with Crippen LogP contribution in [0.5, 0.6) is 5.75 Å². The summed E-state index contributed by atoms with van der Waals surface area (Å²) in [5.41, 5.74) is 8.62. The van der Waals surface area contributed by atoms with Crippen molar-refractivity contribution in [2.75, 3.05) is 12.3 Å². The third kappa shape index (κ3) is 12.1. The first-order chi connectivity index (χ1) is 25.8. The van der Waals surface area contributed by atoms with E-state index in [1.807, 2.05) is 91.0 Å². The Kier molecular flexibility index (Phi) is 14.6. The number of hydrogen-bond donors (Lipinski definition) is 5. The molecule has 54 heavy (non-hydrogen) atoms. The predicted octanol–water partition coefficient (Wildman–Crippen LogP) is 5.77. The van der Waals surface area contributed by atoms with Crippen LogP contribution in [0, 0.1) is 0 Å². The second-order valence-electron chi connectivity index (χ2n) is 13.4. The Morgan fingerprint density at radius 2 is 1.24 bits per heavy atom. The summed E-state index contributed by atoms with van der Waals surface area (Å²) >= 11 is 1.51. The number of rotatable bonds is 17. The van der Waals surface area contributed by atoms with Crippen molar-refractivity contribution in [1.82, 2.24) is 16.0 Å². The Morgan fingerprint density at radius 1 is 0.722 bits per heavy atom. The third-order valence-electron chi connectivity index (χ3n) is 8.10. The van der Waals surface area contributed by atoms with Crippen molar-refractivity contribution in [2.24, 2.45) is 5.73 Å². The van der Waals surface area contributed by atoms with Gasteiger partial charge in [0, 0.05) is 25.1 Å². The second-order valence-corrected chi connectivity index (χ2v) is 14.7. The van der Waals surface area contributed by atoms with Crippen LogP contribution in [-0.4, -0.2) is 65.1 Å². The van der Waals surface area contributed by atoms with Gasteiger partial charge in [-0.15, -0.1) is 11.8 Å². The molecule has 0 aliphatic heterocycles. The van der Waals surface area contributed by atoms with Crippen LogP contribution >= 0.6 is 11.8 Å². The van der Waals surface area contributed by atoms with Crippen LogP contribution in [-0.2, 0) is 30.3 Å². The largest absolute Gasteiger partial charge is 0.480 e. The molecule has 2 atom stereocenters. The molecule has 12 nitrogen and oxygen atoms in total. The van der Waals surface area contributed by atoms with E-state index in [0.29, 0.717) is 5.56 Å². The highest BCUT2D eigenvalue weighted by Gasteiger charge is 2.38. The van der Waals surface area contributed by atoms with Crippen molar-refractivity contribution in [3.8, 4) is 5.75 Å². The monoisotopic (exact) mass is 754 g/mol. The van der Waals surface area contributed by atoms with Crippen LogP contribution in [0.4, 0.5) is 9.59 Å². The fraction of sp³-hybridized carbons (Fsp3) is 0.293. The Balaban J connectivity index is 1.28. The number of hydrogen-bond acceptors (Lipinski definition) is 8. The van der Waals surface area contributed by atoms with Gasteiger partial charge < -0.3 is 36.3 Å². The molecule has 0 aromatic heterocycles. The molecule has 0 aliphatic carbocycles. The lowest BCUT2D eigenvalue weighted by atomic mass is 9.84. The lowest BCUT2D eigenvalue weighted by Crippen LogP contribution is -2.47. The van der Waals surface area contributed by atoms with Crippen LogP contribution < -0.4 is 26.4 Å². The number of carbonyl (C=O) groups is 5. The first-order valence-electron chi connectivity index (χ1n) is 17.4. The maximum atomic E-state index is 13.0. The lowest BCUT2D eigenvalue weighted by molar-refractivity contribution is -0.139. The highest BCUT2D eigenvalue weighted by atomic mass is 32.2. The molecule has 0 saturated heterocycles. The van der Waals surface area contributed by atoms with Crippen molar-refractivity contribution in [3.05, 3.63) is 138 Å².